The van der Waals surface area contributed by atoms with Crippen molar-refractivity contribution < 1.29 is 9.21 Å². The second-order valence-corrected chi connectivity index (χ2v) is 7.34. The van der Waals surface area contributed by atoms with Gasteiger partial charge < -0.3 is 20.0 Å². The number of likely N-dealkylation sites (tertiary alicyclic amines) is 1. The summed E-state index contributed by atoms with van der Waals surface area (Å²) in [7, 11) is 3.77. The van der Waals surface area contributed by atoms with Crippen molar-refractivity contribution in [3.05, 3.63) is 41.6 Å². The van der Waals surface area contributed by atoms with E-state index in [4.69, 9.17) is 4.42 Å². The number of aliphatic imine (C=N–C) groups is 1. The fourth-order valence-electron chi connectivity index (χ4n) is 3.61. The van der Waals surface area contributed by atoms with Crippen LogP contribution in [0.3, 0.4) is 0 Å². The number of carbonyl (C=O) groups is 1. The van der Waals surface area contributed by atoms with E-state index in [1.54, 1.807) is 6.07 Å². The van der Waals surface area contributed by atoms with Gasteiger partial charge in [-0.1, -0.05) is 0 Å². The second-order valence-electron chi connectivity index (χ2n) is 7.34. The molecule has 2 aromatic heterocycles. The first-order chi connectivity index (χ1) is 13.6. The maximum Gasteiger partial charge on any atom is 0.287 e. The van der Waals surface area contributed by atoms with E-state index < -0.39 is 0 Å². The van der Waals surface area contributed by atoms with Gasteiger partial charge in [0.25, 0.3) is 5.91 Å². The van der Waals surface area contributed by atoms with Crippen LogP contribution in [0.15, 0.2) is 34.1 Å². The van der Waals surface area contributed by atoms with E-state index in [0.29, 0.717) is 18.2 Å². The third kappa shape index (κ3) is 5.15. The predicted octanol–water partition coefficient (Wildman–Crippen LogP) is 1.58. The van der Waals surface area contributed by atoms with Crippen molar-refractivity contribution in [1.29, 1.82) is 0 Å². The van der Waals surface area contributed by atoms with Crippen LogP contribution in [0.4, 0.5) is 0 Å². The van der Waals surface area contributed by atoms with Gasteiger partial charge in [-0.05, 0) is 43.7 Å². The van der Waals surface area contributed by atoms with Crippen LogP contribution in [0.5, 0.6) is 0 Å². The average molecular weight is 387 g/mol. The van der Waals surface area contributed by atoms with Crippen LogP contribution in [-0.2, 0) is 13.5 Å². The van der Waals surface area contributed by atoms with E-state index in [0.717, 1.165) is 50.4 Å². The van der Waals surface area contributed by atoms with E-state index in [2.05, 4.69) is 31.8 Å². The number of guanidine groups is 1. The van der Waals surface area contributed by atoms with Gasteiger partial charge in [0.1, 0.15) is 0 Å². The zero-order chi connectivity index (χ0) is 19.9. The number of rotatable bonds is 7. The van der Waals surface area contributed by atoms with Gasteiger partial charge >= 0.3 is 0 Å². The molecule has 0 bridgehead atoms. The van der Waals surface area contributed by atoms with Crippen LogP contribution in [0.1, 0.15) is 34.5 Å². The van der Waals surface area contributed by atoms with Gasteiger partial charge in [-0.3, -0.25) is 14.5 Å². The number of aryl methyl sites for hydroxylation is 2. The van der Waals surface area contributed by atoms with Gasteiger partial charge in [0.15, 0.2) is 11.7 Å². The number of amides is 1. The number of furan rings is 1. The average Bonchev–Trinajstić information content (AvgIpc) is 3.40. The van der Waals surface area contributed by atoms with Gasteiger partial charge in [0.2, 0.25) is 0 Å². The molecule has 0 saturated carbocycles. The van der Waals surface area contributed by atoms with Crippen LogP contribution in [-0.4, -0.2) is 59.8 Å². The van der Waals surface area contributed by atoms with E-state index in [1.807, 2.05) is 31.9 Å². The Hall–Kier alpha value is -2.77. The van der Waals surface area contributed by atoms with Gasteiger partial charge in [-0.25, -0.2) is 0 Å². The highest BCUT2D eigenvalue weighted by Crippen LogP contribution is 2.20. The van der Waals surface area contributed by atoms with Crippen molar-refractivity contribution in [3.8, 4) is 0 Å². The summed E-state index contributed by atoms with van der Waals surface area (Å²) in [6.45, 7) is 5.23. The molecule has 1 amide bonds. The van der Waals surface area contributed by atoms with Crippen LogP contribution >= 0.6 is 0 Å². The molecule has 1 aliphatic heterocycles. The first-order valence-corrected chi connectivity index (χ1v) is 9.82. The Morgan fingerprint density at radius 2 is 2.21 bits per heavy atom. The highest BCUT2D eigenvalue weighted by molar-refractivity contribution is 5.92. The smallest absolute Gasteiger partial charge is 0.287 e. The van der Waals surface area contributed by atoms with Crippen molar-refractivity contribution in [2.45, 2.75) is 26.2 Å². The summed E-state index contributed by atoms with van der Waals surface area (Å²) in [5.41, 5.74) is 2.14. The van der Waals surface area contributed by atoms with Crippen molar-refractivity contribution in [2.24, 2.45) is 18.0 Å². The third-order valence-electron chi connectivity index (χ3n) is 5.07. The van der Waals surface area contributed by atoms with E-state index in [9.17, 15) is 4.79 Å². The lowest BCUT2D eigenvalue weighted by Crippen LogP contribution is -2.41. The van der Waals surface area contributed by atoms with Crippen molar-refractivity contribution >= 4 is 11.9 Å². The summed E-state index contributed by atoms with van der Waals surface area (Å²) in [6.07, 6.45) is 8.61. The fraction of sp³-hybridized carbons (Fsp3) is 0.550. The quantitative estimate of drug-likeness (QED) is 0.429. The summed E-state index contributed by atoms with van der Waals surface area (Å²) in [5, 5.41) is 10.5. The molecule has 3 heterocycles. The first-order valence-electron chi connectivity index (χ1n) is 9.82. The molecule has 2 aromatic rings. The molecule has 0 aromatic carbocycles. The number of carbonyl (C=O) groups excluding carboxylic acids is 1. The molecule has 152 valence electrons. The minimum absolute atomic E-state index is 0.162. The normalized spacial score (nSPS) is 17.2. The number of aromatic nitrogens is 2. The van der Waals surface area contributed by atoms with Crippen LogP contribution < -0.4 is 10.6 Å². The molecular weight excluding hydrogens is 356 g/mol. The Bertz CT molecular complexity index is 809. The Kier molecular flexibility index (Phi) is 6.73. The van der Waals surface area contributed by atoms with Crippen molar-refractivity contribution in [2.75, 3.05) is 33.2 Å². The van der Waals surface area contributed by atoms with Crippen LogP contribution in [0.25, 0.3) is 0 Å². The van der Waals surface area contributed by atoms with Crippen molar-refractivity contribution in [3.63, 3.8) is 0 Å². The fourth-order valence-corrected chi connectivity index (χ4v) is 3.61. The highest BCUT2D eigenvalue weighted by Gasteiger charge is 2.25. The summed E-state index contributed by atoms with van der Waals surface area (Å²) in [4.78, 5) is 18.7. The Balaban J connectivity index is 1.35. The molecule has 2 N–H and O–H groups in total. The molecule has 1 atom stereocenters. The van der Waals surface area contributed by atoms with Gasteiger partial charge in [0, 0.05) is 52.0 Å². The molecule has 1 saturated heterocycles. The highest BCUT2D eigenvalue weighted by atomic mass is 16.3. The van der Waals surface area contributed by atoms with Crippen LogP contribution in [0.2, 0.25) is 0 Å². The Morgan fingerprint density at radius 3 is 2.89 bits per heavy atom. The number of hydrogen-bond acceptors (Lipinski definition) is 4. The molecule has 1 fully saturated rings. The summed E-state index contributed by atoms with van der Waals surface area (Å²) >= 11 is 0. The maximum absolute atomic E-state index is 12.0. The standard InChI is InChI=1S/C20H30N6O2/c1-15-6-10-28-18(15)19(27)22-7-4-8-23-20(21-2)26-9-5-16(14-26)11-17-12-24-25(3)13-17/h6,10,12-13,16H,4-5,7-9,11,14H2,1-3H3,(H,21,23)(H,22,27). The number of hydrogen-bond donors (Lipinski definition) is 2. The zero-order valence-electron chi connectivity index (χ0n) is 16.9. The molecule has 3 rings (SSSR count). The molecule has 8 heteroatoms. The molecule has 1 aliphatic rings. The topological polar surface area (TPSA) is 87.7 Å². The molecule has 8 nitrogen and oxygen atoms in total. The molecular formula is C20H30N6O2. The van der Waals surface area contributed by atoms with Crippen molar-refractivity contribution in [1.82, 2.24) is 25.3 Å². The number of nitrogens with one attached hydrogen (secondary N) is 2. The van der Waals surface area contributed by atoms with Gasteiger partial charge in [-0.2, -0.15) is 5.10 Å². The second kappa shape index (κ2) is 9.43. The lowest BCUT2D eigenvalue weighted by molar-refractivity contribution is 0.0925. The third-order valence-corrected chi connectivity index (χ3v) is 5.07. The maximum atomic E-state index is 12.0. The van der Waals surface area contributed by atoms with E-state index >= 15 is 0 Å². The summed E-state index contributed by atoms with van der Waals surface area (Å²) < 4.78 is 7.06. The van der Waals surface area contributed by atoms with Crippen LogP contribution in [0, 0.1) is 12.8 Å². The Morgan fingerprint density at radius 1 is 1.39 bits per heavy atom. The molecule has 0 aliphatic carbocycles. The summed E-state index contributed by atoms with van der Waals surface area (Å²) in [5.74, 6) is 1.78. The monoisotopic (exact) mass is 386 g/mol. The minimum Gasteiger partial charge on any atom is -0.459 e. The largest absolute Gasteiger partial charge is 0.459 e. The lowest BCUT2D eigenvalue weighted by Gasteiger charge is -2.21. The summed E-state index contributed by atoms with van der Waals surface area (Å²) in [6, 6.07) is 1.79. The van der Waals surface area contributed by atoms with Gasteiger partial charge in [-0.15, -0.1) is 0 Å². The predicted molar refractivity (Wildman–Crippen MR) is 108 cm³/mol. The number of nitrogens with zero attached hydrogens (tertiary/aromatic N) is 4. The zero-order valence-corrected chi connectivity index (χ0v) is 16.9. The van der Waals surface area contributed by atoms with Gasteiger partial charge in [0.05, 0.1) is 12.5 Å². The molecule has 0 spiro atoms. The SMILES string of the molecule is CN=C(NCCCNC(=O)c1occc1C)N1CCC(Cc2cnn(C)c2)C1. The Labute approximate surface area is 166 Å². The first kappa shape index (κ1) is 20.0. The minimum atomic E-state index is -0.162. The lowest BCUT2D eigenvalue weighted by atomic mass is 10.0. The molecule has 28 heavy (non-hydrogen) atoms. The van der Waals surface area contributed by atoms with E-state index in [-0.39, 0.29) is 5.91 Å². The molecule has 1 unspecified atom stereocenters. The van der Waals surface area contributed by atoms with E-state index in [1.165, 1.54) is 11.8 Å². The molecule has 0 radical (unpaired) electrons.